The Kier molecular flexibility index (Phi) is 7.53. The molecule has 3 heteroatoms. The van der Waals surface area contributed by atoms with Crippen molar-refractivity contribution in [2.45, 2.75) is 45.8 Å². The van der Waals surface area contributed by atoms with Crippen LogP contribution in [0.3, 0.4) is 0 Å². The van der Waals surface area contributed by atoms with Crippen LogP contribution in [0.5, 0.6) is 5.75 Å². The highest BCUT2D eigenvalue weighted by molar-refractivity contribution is 5.28. The van der Waals surface area contributed by atoms with Crippen molar-refractivity contribution in [2.75, 3.05) is 20.3 Å². The summed E-state index contributed by atoms with van der Waals surface area (Å²) in [5.41, 5.74) is 1.20. The summed E-state index contributed by atoms with van der Waals surface area (Å²) < 4.78 is 11.2. The SMILES string of the molecule is CCCCOC(CNC(C)C)c1ccc(OC)cc1. The molecule has 1 aromatic rings. The van der Waals surface area contributed by atoms with E-state index in [2.05, 4.69) is 38.2 Å². The summed E-state index contributed by atoms with van der Waals surface area (Å²) in [7, 11) is 1.69. The van der Waals surface area contributed by atoms with Gasteiger partial charge in [0.1, 0.15) is 5.75 Å². The van der Waals surface area contributed by atoms with Gasteiger partial charge in [0.2, 0.25) is 0 Å². The van der Waals surface area contributed by atoms with Crippen LogP contribution in [0.1, 0.15) is 45.3 Å². The van der Waals surface area contributed by atoms with Gasteiger partial charge in [-0.2, -0.15) is 0 Å². The van der Waals surface area contributed by atoms with Crippen molar-refractivity contribution in [1.82, 2.24) is 5.32 Å². The molecule has 0 bridgehead atoms. The third kappa shape index (κ3) is 6.08. The van der Waals surface area contributed by atoms with Crippen LogP contribution in [0.2, 0.25) is 0 Å². The molecule has 0 saturated heterocycles. The number of rotatable bonds is 9. The average molecular weight is 265 g/mol. The zero-order valence-electron chi connectivity index (χ0n) is 12.6. The van der Waals surface area contributed by atoms with Crippen molar-refractivity contribution in [3.05, 3.63) is 29.8 Å². The van der Waals surface area contributed by atoms with Crippen molar-refractivity contribution in [3.63, 3.8) is 0 Å². The van der Waals surface area contributed by atoms with Crippen LogP contribution < -0.4 is 10.1 Å². The maximum absolute atomic E-state index is 5.99. The van der Waals surface area contributed by atoms with E-state index in [0.717, 1.165) is 31.7 Å². The number of ether oxygens (including phenoxy) is 2. The lowest BCUT2D eigenvalue weighted by Gasteiger charge is -2.20. The van der Waals surface area contributed by atoms with E-state index in [-0.39, 0.29) is 6.10 Å². The number of benzene rings is 1. The number of hydrogen-bond acceptors (Lipinski definition) is 3. The fraction of sp³-hybridized carbons (Fsp3) is 0.625. The number of methoxy groups -OCH3 is 1. The fourth-order valence-electron chi connectivity index (χ4n) is 1.80. The van der Waals surface area contributed by atoms with Crippen molar-refractivity contribution >= 4 is 0 Å². The zero-order chi connectivity index (χ0) is 14.1. The molecule has 0 aliphatic heterocycles. The summed E-state index contributed by atoms with van der Waals surface area (Å²) in [5.74, 6) is 0.882. The van der Waals surface area contributed by atoms with Gasteiger partial charge in [-0.1, -0.05) is 39.3 Å². The molecule has 19 heavy (non-hydrogen) atoms. The van der Waals surface area contributed by atoms with E-state index in [1.165, 1.54) is 5.56 Å². The topological polar surface area (TPSA) is 30.5 Å². The minimum atomic E-state index is 0.111. The lowest BCUT2D eigenvalue weighted by molar-refractivity contribution is 0.0493. The fourth-order valence-corrected chi connectivity index (χ4v) is 1.80. The van der Waals surface area contributed by atoms with Crippen LogP contribution in [0.15, 0.2) is 24.3 Å². The maximum atomic E-state index is 5.99. The van der Waals surface area contributed by atoms with Crippen LogP contribution in [0.4, 0.5) is 0 Å². The Morgan fingerprint density at radius 2 is 1.84 bits per heavy atom. The molecule has 3 nitrogen and oxygen atoms in total. The minimum Gasteiger partial charge on any atom is -0.497 e. The van der Waals surface area contributed by atoms with Gasteiger partial charge < -0.3 is 14.8 Å². The zero-order valence-corrected chi connectivity index (χ0v) is 12.6. The van der Waals surface area contributed by atoms with Crippen LogP contribution in [-0.2, 0) is 4.74 Å². The molecule has 0 aliphatic carbocycles. The summed E-state index contributed by atoms with van der Waals surface area (Å²) in [6, 6.07) is 8.60. The molecule has 0 aromatic heterocycles. The second-order valence-electron chi connectivity index (χ2n) is 5.05. The number of hydrogen-bond donors (Lipinski definition) is 1. The molecule has 108 valence electrons. The van der Waals surface area contributed by atoms with E-state index >= 15 is 0 Å². The molecule has 1 rings (SSSR count). The quantitative estimate of drug-likeness (QED) is 0.693. The van der Waals surface area contributed by atoms with Crippen LogP contribution in [-0.4, -0.2) is 26.3 Å². The van der Waals surface area contributed by atoms with Gasteiger partial charge >= 0.3 is 0 Å². The highest BCUT2D eigenvalue weighted by Crippen LogP contribution is 2.20. The van der Waals surface area contributed by atoms with Crippen LogP contribution >= 0.6 is 0 Å². The largest absolute Gasteiger partial charge is 0.497 e. The van der Waals surface area contributed by atoms with E-state index in [0.29, 0.717) is 6.04 Å². The first-order valence-corrected chi connectivity index (χ1v) is 7.16. The normalized spacial score (nSPS) is 12.7. The van der Waals surface area contributed by atoms with E-state index in [1.807, 2.05) is 12.1 Å². The van der Waals surface area contributed by atoms with E-state index < -0.39 is 0 Å². The Hall–Kier alpha value is -1.06. The van der Waals surface area contributed by atoms with Crippen molar-refractivity contribution < 1.29 is 9.47 Å². The molecule has 0 spiro atoms. The molecule has 1 unspecified atom stereocenters. The van der Waals surface area contributed by atoms with Gasteiger partial charge in [-0.3, -0.25) is 0 Å². The molecule has 1 atom stereocenters. The molecule has 1 N–H and O–H groups in total. The monoisotopic (exact) mass is 265 g/mol. The van der Waals surface area contributed by atoms with Gasteiger partial charge in [0.25, 0.3) is 0 Å². The first-order valence-electron chi connectivity index (χ1n) is 7.16. The van der Waals surface area contributed by atoms with Crippen molar-refractivity contribution in [1.29, 1.82) is 0 Å². The summed E-state index contributed by atoms with van der Waals surface area (Å²) >= 11 is 0. The molecule has 0 saturated carbocycles. The predicted octanol–water partition coefficient (Wildman–Crippen LogP) is 3.55. The summed E-state index contributed by atoms with van der Waals surface area (Å²) in [5, 5.41) is 3.44. The van der Waals surface area contributed by atoms with E-state index in [4.69, 9.17) is 9.47 Å². The molecule has 0 radical (unpaired) electrons. The van der Waals surface area contributed by atoms with E-state index in [9.17, 15) is 0 Å². The van der Waals surface area contributed by atoms with Crippen molar-refractivity contribution in [3.8, 4) is 5.75 Å². The third-order valence-electron chi connectivity index (χ3n) is 3.02. The number of nitrogens with one attached hydrogen (secondary N) is 1. The molecule has 1 aromatic carbocycles. The lowest BCUT2D eigenvalue weighted by Crippen LogP contribution is -2.29. The number of unbranched alkanes of at least 4 members (excludes halogenated alkanes) is 1. The molecular formula is C16H27NO2. The van der Waals surface area contributed by atoms with Gasteiger partial charge in [0.15, 0.2) is 0 Å². The Morgan fingerprint density at radius 1 is 1.16 bits per heavy atom. The summed E-state index contributed by atoms with van der Waals surface area (Å²) in [6.07, 6.45) is 2.38. The smallest absolute Gasteiger partial charge is 0.118 e. The van der Waals surface area contributed by atoms with Gasteiger partial charge in [-0.05, 0) is 24.1 Å². The Balaban J connectivity index is 2.63. The Bertz CT molecular complexity index is 335. The summed E-state index contributed by atoms with van der Waals surface area (Å²) in [4.78, 5) is 0. The molecule has 0 heterocycles. The molecule has 0 fully saturated rings. The Morgan fingerprint density at radius 3 is 2.37 bits per heavy atom. The first-order chi connectivity index (χ1) is 9.17. The lowest BCUT2D eigenvalue weighted by atomic mass is 10.1. The second kappa shape index (κ2) is 8.94. The van der Waals surface area contributed by atoms with Crippen LogP contribution in [0.25, 0.3) is 0 Å². The minimum absolute atomic E-state index is 0.111. The standard InChI is InChI=1S/C16H27NO2/c1-5-6-11-19-16(12-17-13(2)3)14-7-9-15(18-4)10-8-14/h7-10,13,16-17H,5-6,11-12H2,1-4H3. The molecule has 0 aliphatic rings. The first kappa shape index (κ1) is 16.0. The molecule has 0 amide bonds. The average Bonchev–Trinajstić information content (AvgIpc) is 2.42. The predicted molar refractivity (Wildman–Crippen MR) is 79.7 cm³/mol. The van der Waals surface area contributed by atoms with E-state index in [1.54, 1.807) is 7.11 Å². The van der Waals surface area contributed by atoms with Gasteiger partial charge in [-0.15, -0.1) is 0 Å². The third-order valence-corrected chi connectivity index (χ3v) is 3.02. The second-order valence-corrected chi connectivity index (χ2v) is 5.05. The van der Waals surface area contributed by atoms with Crippen molar-refractivity contribution in [2.24, 2.45) is 0 Å². The summed E-state index contributed by atoms with van der Waals surface area (Å²) in [6.45, 7) is 8.13. The van der Waals surface area contributed by atoms with Gasteiger partial charge in [-0.25, -0.2) is 0 Å². The van der Waals surface area contributed by atoms with Gasteiger partial charge in [0, 0.05) is 19.2 Å². The Labute approximate surface area is 117 Å². The molecular weight excluding hydrogens is 238 g/mol. The van der Waals surface area contributed by atoms with Crippen LogP contribution in [0, 0.1) is 0 Å². The maximum Gasteiger partial charge on any atom is 0.118 e. The highest BCUT2D eigenvalue weighted by Gasteiger charge is 2.12. The van der Waals surface area contributed by atoms with Gasteiger partial charge in [0.05, 0.1) is 13.2 Å². The highest BCUT2D eigenvalue weighted by atomic mass is 16.5.